The van der Waals surface area contributed by atoms with Gasteiger partial charge in [-0.1, -0.05) is 19.9 Å². The maximum absolute atomic E-state index is 12.2. The van der Waals surface area contributed by atoms with E-state index in [-0.39, 0.29) is 6.09 Å². The Hall–Kier alpha value is -1.45. The number of hydrogen-bond donors (Lipinski definition) is 0. The van der Waals surface area contributed by atoms with Crippen molar-refractivity contribution in [1.82, 2.24) is 9.80 Å². The molecule has 0 spiro atoms. The minimum absolute atomic E-state index is 0.169. The van der Waals surface area contributed by atoms with Crippen LogP contribution in [0.4, 0.5) is 4.79 Å². The molecule has 3 rings (SSSR count). The van der Waals surface area contributed by atoms with Crippen LogP contribution >= 0.6 is 0 Å². The van der Waals surface area contributed by atoms with Gasteiger partial charge in [-0.2, -0.15) is 0 Å². The highest BCUT2D eigenvalue weighted by Crippen LogP contribution is 2.34. The van der Waals surface area contributed by atoms with Crippen molar-refractivity contribution in [3.63, 3.8) is 0 Å². The topological polar surface area (TPSA) is 32.8 Å². The molecular weight excluding hydrogens is 288 g/mol. The quantitative estimate of drug-likeness (QED) is 0.721. The predicted molar refractivity (Wildman–Crippen MR) is 94.3 cm³/mol. The van der Waals surface area contributed by atoms with Crippen LogP contribution in [0.2, 0.25) is 0 Å². The minimum Gasteiger partial charge on any atom is -0.444 e. The molecule has 1 atom stereocenters. The second-order valence-corrected chi connectivity index (χ2v) is 7.24. The SMILES string of the molecule is CC.CC(C)(C)OC(=O)N1CCC(N2CCC3=C2C=CCC3)C1. The number of amides is 1. The van der Waals surface area contributed by atoms with Gasteiger partial charge in [0.2, 0.25) is 0 Å². The fourth-order valence-electron chi connectivity index (χ4n) is 3.49. The summed E-state index contributed by atoms with van der Waals surface area (Å²) < 4.78 is 5.48. The molecule has 4 heteroatoms. The van der Waals surface area contributed by atoms with Crippen LogP contribution in [0.25, 0.3) is 0 Å². The Morgan fingerprint density at radius 3 is 2.65 bits per heavy atom. The zero-order valence-electron chi connectivity index (χ0n) is 15.4. The van der Waals surface area contributed by atoms with Crippen molar-refractivity contribution < 1.29 is 9.53 Å². The van der Waals surface area contributed by atoms with E-state index in [0.29, 0.717) is 6.04 Å². The molecule has 1 saturated heterocycles. The van der Waals surface area contributed by atoms with Crippen molar-refractivity contribution >= 4 is 6.09 Å². The van der Waals surface area contributed by atoms with Gasteiger partial charge in [0.25, 0.3) is 0 Å². The molecule has 0 N–H and O–H groups in total. The van der Waals surface area contributed by atoms with Crippen LogP contribution in [-0.2, 0) is 4.74 Å². The maximum Gasteiger partial charge on any atom is 0.410 e. The molecule has 1 amide bonds. The van der Waals surface area contributed by atoms with E-state index >= 15 is 0 Å². The summed E-state index contributed by atoms with van der Waals surface area (Å²) in [5.41, 5.74) is 2.62. The average molecular weight is 320 g/mol. The number of rotatable bonds is 1. The van der Waals surface area contributed by atoms with E-state index in [1.165, 1.54) is 25.0 Å². The van der Waals surface area contributed by atoms with E-state index in [0.717, 1.165) is 26.1 Å². The fourth-order valence-corrected chi connectivity index (χ4v) is 3.49. The Kier molecular flexibility index (Phi) is 5.77. The van der Waals surface area contributed by atoms with Gasteiger partial charge in [0.15, 0.2) is 0 Å². The van der Waals surface area contributed by atoms with Gasteiger partial charge in [0, 0.05) is 31.4 Å². The van der Waals surface area contributed by atoms with Crippen molar-refractivity contribution in [2.75, 3.05) is 19.6 Å². The van der Waals surface area contributed by atoms with Crippen LogP contribution in [0.5, 0.6) is 0 Å². The summed E-state index contributed by atoms with van der Waals surface area (Å²) in [6.07, 6.45) is 9.02. The lowest BCUT2D eigenvalue weighted by atomic mass is 10.0. The minimum atomic E-state index is -0.412. The molecule has 0 radical (unpaired) electrons. The van der Waals surface area contributed by atoms with Crippen molar-refractivity contribution in [3.05, 3.63) is 23.4 Å². The lowest BCUT2D eigenvalue weighted by Crippen LogP contribution is -2.39. The lowest BCUT2D eigenvalue weighted by molar-refractivity contribution is 0.0284. The monoisotopic (exact) mass is 320 g/mol. The van der Waals surface area contributed by atoms with E-state index in [1.807, 2.05) is 39.5 Å². The molecule has 0 aromatic carbocycles. The molecule has 0 aromatic heterocycles. The zero-order valence-corrected chi connectivity index (χ0v) is 15.4. The highest BCUT2D eigenvalue weighted by atomic mass is 16.6. The van der Waals surface area contributed by atoms with Crippen molar-refractivity contribution in [1.29, 1.82) is 0 Å². The third kappa shape index (κ3) is 4.30. The van der Waals surface area contributed by atoms with Crippen LogP contribution in [0.3, 0.4) is 0 Å². The first kappa shape index (κ1) is 17.9. The standard InChI is InChI=1S/C17H26N2O2.C2H6/c1-17(2,3)21-16(20)18-10-9-14(12-18)19-11-8-13-6-4-5-7-15(13)19;1-2/h5,7,14H,4,6,8-12H2,1-3H3;1-2H3. The number of nitrogens with zero attached hydrogens (tertiary/aromatic N) is 2. The second kappa shape index (κ2) is 7.41. The largest absolute Gasteiger partial charge is 0.444 e. The summed E-state index contributed by atoms with van der Waals surface area (Å²) >= 11 is 0. The van der Waals surface area contributed by atoms with E-state index in [1.54, 1.807) is 5.57 Å². The summed E-state index contributed by atoms with van der Waals surface area (Å²) in [6.45, 7) is 12.5. The van der Waals surface area contributed by atoms with Gasteiger partial charge < -0.3 is 14.5 Å². The summed E-state index contributed by atoms with van der Waals surface area (Å²) in [5.74, 6) is 0. The van der Waals surface area contributed by atoms with Crippen molar-refractivity contribution in [3.8, 4) is 0 Å². The number of carbonyl (C=O) groups excluding carboxylic acids is 1. The number of hydrogen-bond acceptors (Lipinski definition) is 3. The van der Waals surface area contributed by atoms with Gasteiger partial charge in [0.05, 0.1) is 0 Å². The van der Waals surface area contributed by atoms with E-state index in [9.17, 15) is 4.79 Å². The number of allylic oxidation sites excluding steroid dienone is 2. The smallest absolute Gasteiger partial charge is 0.410 e. The van der Waals surface area contributed by atoms with Crippen LogP contribution in [0, 0.1) is 0 Å². The van der Waals surface area contributed by atoms with Crippen LogP contribution in [0.1, 0.15) is 60.3 Å². The molecule has 2 heterocycles. The second-order valence-electron chi connectivity index (χ2n) is 7.24. The third-order valence-corrected chi connectivity index (χ3v) is 4.47. The lowest BCUT2D eigenvalue weighted by Gasteiger charge is -2.29. The van der Waals surface area contributed by atoms with Crippen molar-refractivity contribution in [2.24, 2.45) is 0 Å². The number of likely N-dealkylation sites (tertiary alicyclic amines) is 1. The highest BCUT2D eigenvalue weighted by Gasteiger charge is 2.35. The van der Waals surface area contributed by atoms with Gasteiger partial charge in [-0.25, -0.2) is 4.79 Å². The molecular formula is C19H32N2O2. The molecule has 0 aromatic rings. The molecule has 0 saturated carbocycles. The number of carbonyl (C=O) groups is 1. The summed E-state index contributed by atoms with van der Waals surface area (Å²) in [4.78, 5) is 16.5. The fraction of sp³-hybridized carbons (Fsp3) is 0.737. The van der Waals surface area contributed by atoms with Gasteiger partial charge in [0.1, 0.15) is 5.60 Å². The molecule has 2 aliphatic heterocycles. The molecule has 0 bridgehead atoms. The molecule has 3 aliphatic rings. The first-order valence-electron chi connectivity index (χ1n) is 9.07. The molecule has 130 valence electrons. The number of ether oxygens (including phenoxy) is 1. The molecule has 1 fully saturated rings. The van der Waals surface area contributed by atoms with Crippen molar-refractivity contribution in [2.45, 2.75) is 71.9 Å². The van der Waals surface area contributed by atoms with E-state index < -0.39 is 5.60 Å². The molecule has 4 nitrogen and oxygen atoms in total. The average Bonchev–Trinajstić information content (AvgIpc) is 3.14. The van der Waals surface area contributed by atoms with Gasteiger partial charge >= 0.3 is 6.09 Å². The van der Waals surface area contributed by atoms with Crippen LogP contribution < -0.4 is 0 Å². The molecule has 1 aliphatic carbocycles. The summed E-state index contributed by atoms with van der Waals surface area (Å²) in [7, 11) is 0. The van der Waals surface area contributed by atoms with Crippen LogP contribution in [-0.4, -0.2) is 47.2 Å². The van der Waals surface area contributed by atoms with Gasteiger partial charge in [-0.15, -0.1) is 0 Å². The highest BCUT2D eigenvalue weighted by molar-refractivity contribution is 5.68. The molecule has 1 unspecified atom stereocenters. The maximum atomic E-state index is 12.2. The summed E-state index contributed by atoms with van der Waals surface area (Å²) in [5, 5.41) is 0. The van der Waals surface area contributed by atoms with E-state index in [2.05, 4.69) is 17.1 Å². The first-order chi connectivity index (χ1) is 10.9. The Morgan fingerprint density at radius 2 is 1.96 bits per heavy atom. The van der Waals surface area contributed by atoms with Gasteiger partial charge in [-0.05, 0) is 58.1 Å². The molecule has 23 heavy (non-hydrogen) atoms. The Labute approximate surface area is 141 Å². The first-order valence-corrected chi connectivity index (χ1v) is 9.07. The Morgan fingerprint density at radius 1 is 1.22 bits per heavy atom. The predicted octanol–water partition coefficient (Wildman–Crippen LogP) is 4.33. The third-order valence-electron chi connectivity index (χ3n) is 4.47. The zero-order chi connectivity index (χ0) is 17.0. The Balaban J connectivity index is 0.000000924. The van der Waals surface area contributed by atoms with Gasteiger partial charge in [-0.3, -0.25) is 0 Å². The normalized spacial score (nSPS) is 23.6. The summed E-state index contributed by atoms with van der Waals surface area (Å²) in [6, 6.07) is 0.452. The Bertz CT molecular complexity index is 488. The van der Waals surface area contributed by atoms with E-state index in [4.69, 9.17) is 4.74 Å². The van der Waals surface area contributed by atoms with Crippen LogP contribution in [0.15, 0.2) is 23.4 Å².